The van der Waals surface area contributed by atoms with Gasteiger partial charge in [0.25, 0.3) is 0 Å². The maximum Gasteiger partial charge on any atom is 0.472 e. The standard InChI is InChI=1S/C32H39O10P/c1-32(2,3)31(33)41-29-28(39-21-25-17-11-6-12-18-25)27(38-20-24-15-9-5-10-16-24)26(40-30(29)42-43(34,35)36)22-37-19-23-13-7-4-8-14-23/h4-18,26-30H,19-22H2,1-3H3,(H2,34,35,36)/t26-,27-,28+,29-,30-/m1/s1. The van der Waals surface area contributed by atoms with Crippen LogP contribution in [0.4, 0.5) is 0 Å². The van der Waals surface area contributed by atoms with Crippen LogP contribution in [0.5, 0.6) is 0 Å². The van der Waals surface area contributed by atoms with E-state index >= 15 is 0 Å². The Labute approximate surface area is 252 Å². The number of hydrogen-bond acceptors (Lipinski definition) is 8. The number of carbonyl (C=O) groups excluding carboxylic acids is 1. The smallest absolute Gasteiger partial charge is 0.454 e. The van der Waals surface area contributed by atoms with Crippen LogP contribution in [-0.2, 0) is 57.4 Å². The minimum atomic E-state index is -5.10. The van der Waals surface area contributed by atoms with Crippen molar-refractivity contribution in [2.75, 3.05) is 6.61 Å². The maximum atomic E-state index is 13.1. The Bertz CT molecular complexity index is 1310. The second kappa shape index (κ2) is 15.2. The van der Waals surface area contributed by atoms with Gasteiger partial charge in [-0.25, -0.2) is 4.57 Å². The summed E-state index contributed by atoms with van der Waals surface area (Å²) in [7, 11) is -5.10. The number of esters is 1. The summed E-state index contributed by atoms with van der Waals surface area (Å²) < 4.78 is 47.8. The highest BCUT2D eigenvalue weighted by Crippen LogP contribution is 2.43. The Kier molecular flexibility index (Phi) is 11.7. The van der Waals surface area contributed by atoms with Crippen molar-refractivity contribution in [1.29, 1.82) is 0 Å². The molecule has 0 bridgehead atoms. The third kappa shape index (κ3) is 10.3. The highest BCUT2D eigenvalue weighted by molar-refractivity contribution is 7.46. The number of phosphoric acid groups is 1. The number of ether oxygens (including phenoxy) is 5. The molecule has 0 radical (unpaired) electrons. The molecule has 1 saturated heterocycles. The quantitative estimate of drug-likeness (QED) is 0.197. The minimum Gasteiger partial charge on any atom is -0.454 e. The summed E-state index contributed by atoms with van der Waals surface area (Å²) in [5.41, 5.74) is 1.70. The lowest BCUT2D eigenvalue weighted by Gasteiger charge is -2.45. The average Bonchev–Trinajstić information content (AvgIpc) is 2.97. The van der Waals surface area contributed by atoms with Crippen molar-refractivity contribution in [3.05, 3.63) is 108 Å². The number of carbonyl (C=O) groups is 1. The lowest BCUT2D eigenvalue weighted by molar-refractivity contribution is -0.306. The van der Waals surface area contributed by atoms with Gasteiger partial charge < -0.3 is 33.5 Å². The van der Waals surface area contributed by atoms with Crippen molar-refractivity contribution >= 4 is 13.8 Å². The Balaban J connectivity index is 1.67. The van der Waals surface area contributed by atoms with E-state index < -0.39 is 49.9 Å². The molecule has 10 nitrogen and oxygen atoms in total. The van der Waals surface area contributed by atoms with Crippen LogP contribution in [0.25, 0.3) is 0 Å². The van der Waals surface area contributed by atoms with Crippen molar-refractivity contribution < 1.29 is 47.4 Å². The molecule has 4 rings (SSSR count). The molecule has 232 valence electrons. The summed E-state index contributed by atoms with van der Waals surface area (Å²) in [4.78, 5) is 32.7. The molecule has 0 aromatic heterocycles. The summed E-state index contributed by atoms with van der Waals surface area (Å²) in [6.45, 7) is 5.50. The van der Waals surface area contributed by atoms with Crippen LogP contribution in [0.1, 0.15) is 37.5 Å². The van der Waals surface area contributed by atoms with Gasteiger partial charge in [0.05, 0.1) is 31.8 Å². The second-order valence-electron chi connectivity index (χ2n) is 11.3. The summed E-state index contributed by atoms with van der Waals surface area (Å²) in [5.74, 6) is -0.630. The maximum absolute atomic E-state index is 13.1. The zero-order valence-electron chi connectivity index (χ0n) is 24.5. The van der Waals surface area contributed by atoms with E-state index in [-0.39, 0.29) is 26.4 Å². The molecule has 0 amide bonds. The lowest BCUT2D eigenvalue weighted by atomic mass is 9.95. The molecule has 3 aromatic carbocycles. The lowest BCUT2D eigenvalue weighted by Crippen LogP contribution is -2.62. The van der Waals surface area contributed by atoms with Crippen molar-refractivity contribution in [1.82, 2.24) is 0 Å². The molecule has 3 aromatic rings. The van der Waals surface area contributed by atoms with Crippen molar-refractivity contribution in [3.63, 3.8) is 0 Å². The van der Waals surface area contributed by atoms with Gasteiger partial charge in [0.1, 0.15) is 18.3 Å². The fraction of sp³-hybridized carbons (Fsp3) is 0.406. The Morgan fingerprint density at radius 1 is 0.744 bits per heavy atom. The molecule has 0 unspecified atom stereocenters. The molecular weight excluding hydrogens is 575 g/mol. The van der Waals surface area contributed by atoms with Gasteiger partial charge in [-0.05, 0) is 37.5 Å². The molecule has 11 heteroatoms. The van der Waals surface area contributed by atoms with E-state index in [1.54, 1.807) is 20.8 Å². The molecule has 0 spiro atoms. The third-order valence-electron chi connectivity index (χ3n) is 6.65. The van der Waals surface area contributed by atoms with E-state index in [9.17, 15) is 19.1 Å². The Hall–Kier alpha value is -2.92. The predicted molar refractivity (Wildman–Crippen MR) is 157 cm³/mol. The van der Waals surface area contributed by atoms with Crippen LogP contribution < -0.4 is 0 Å². The minimum absolute atomic E-state index is 0.0273. The highest BCUT2D eigenvalue weighted by Gasteiger charge is 2.52. The Morgan fingerprint density at radius 2 is 1.21 bits per heavy atom. The molecule has 1 aliphatic rings. The number of benzene rings is 3. The van der Waals surface area contributed by atoms with Gasteiger partial charge >= 0.3 is 13.8 Å². The van der Waals surface area contributed by atoms with Crippen LogP contribution in [0.15, 0.2) is 91.0 Å². The summed E-state index contributed by atoms with van der Waals surface area (Å²) >= 11 is 0. The largest absolute Gasteiger partial charge is 0.472 e. The summed E-state index contributed by atoms with van der Waals surface area (Å²) in [6, 6.07) is 28.4. The fourth-order valence-corrected chi connectivity index (χ4v) is 4.89. The van der Waals surface area contributed by atoms with E-state index in [0.717, 1.165) is 16.7 Å². The predicted octanol–water partition coefficient (Wildman–Crippen LogP) is 5.17. The first-order valence-corrected chi connectivity index (χ1v) is 15.6. The molecular formula is C32H39O10P. The average molecular weight is 615 g/mol. The van der Waals surface area contributed by atoms with E-state index in [2.05, 4.69) is 0 Å². The zero-order valence-corrected chi connectivity index (χ0v) is 25.4. The number of phosphoric ester groups is 1. The van der Waals surface area contributed by atoms with E-state index in [1.165, 1.54) is 0 Å². The highest BCUT2D eigenvalue weighted by atomic mass is 31.2. The van der Waals surface area contributed by atoms with Crippen molar-refractivity contribution in [2.45, 2.75) is 71.3 Å². The third-order valence-corrected chi connectivity index (χ3v) is 7.13. The fourth-order valence-electron chi connectivity index (χ4n) is 4.45. The topological polar surface area (TPSA) is 130 Å². The van der Waals surface area contributed by atoms with Crippen LogP contribution in [0.3, 0.4) is 0 Å². The first-order valence-electron chi connectivity index (χ1n) is 14.0. The number of hydrogen-bond donors (Lipinski definition) is 2. The first kappa shape index (κ1) is 33.0. The monoisotopic (exact) mass is 614 g/mol. The Morgan fingerprint density at radius 3 is 1.67 bits per heavy atom. The van der Waals surface area contributed by atoms with Gasteiger partial charge in [-0.1, -0.05) is 91.0 Å². The van der Waals surface area contributed by atoms with E-state index in [0.29, 0.717) is 0 Å². The summed E-state index contributed by atoms with van der Waals surface area (Å²) in [5, 5.41) is 0. The molecule has 1 aliphatic heterocycles. The molecule has 43 heavy (non-hydrogen) atoms. The summed E-state index contributed by atoms with van der Waals surface area (Å²) in [6.07, 6.45) is -5.89. The van der Waals surface area contributed by atoms with E-state index in [4.69, 9.17) is 28.2 Å². The van der Waals surface area contributed by atoms with E-state index in [1.807, 2.05) is 91.0 Å². The zero-order chi connectivity index (χ0) is 30.9. The van der Waals surface area contributed by atoms with Gasteiger partial charge in [-0.2, -0.15) is 0 Å². The number of rotatable bonds is 13. The SMILES string of the molecule is CC(C)(C)C(=O)O[C@H]1[C@@H](OP(=O)(O)O)O[C@H](COCc2ccccc2)[C@@H](OCc2ccccc2)[C@@H]1OCc1ccccc1. The molecule has 1 heterocycles. The molecule has 2 N–H and O–H groups in total. The normalized spacial score (nSPS) is 22.7. The molecule has 0 aliphatic carbocycles. The van der Waals surface area contributed by atoms with Gasteiger partial charge in [-0.3, -0.25) is 9.32 Å². The van der Waals surface area contributed by atoms with Crippen LogP contribution in [0, 0.1) is 5.41 Å². The first-order chi connectivity index (χ1) is 20.5. The van der Waals surface area contributed by atoms with Gasteiger partial charge in [0.15, 0.2) is 6.10 Å². The molecule has 1 fully saturated rings. The van der Waals surface area contributed by atoms with Gasteiger partial charge in [-0.15, -0.1) is 0 Å². The van der Waals surface area contributed by atoms with Crippen LogP contribution >= 0.6 is 7.82 Å². The van der Waals surface area contributed by atoms with Crippen molar-refractivity contribution in [3.8, 4) is 0 Å². The van der Waals surface area contributed by atoms with Crippen molar-refractivity contribution in [2.24, 2.45) is 5.41 Å². The van der Waals surface area contributed by atoms with Crippen LogP contribution in [0.2, 0.25) is 0 Å². The van der Waals surface area contributed by atoms with Gasteiger partial charge in [0, 0.05) is 0 Å². The second-order valence-corrected chi connectivity index (χ2v) is 12.5. The van der Waals surface area contributed by atoms with Gasteiger partial charge in [0.2, 0.25) is 6.29 Å². The van der Waals surface area contributed by atoms with Crippen LogP contribution in [-0.4, -0.2) is 53.1 Å². The molecule has 0 saturated carbocycles. The molecule has 5 atom stereocenters.